The van der Waals surface area contributed by atoms with E-state index in [0.29, 0.717) is 0 Å². The van der Waals surface area contributed by atoms with Gasteiger partial charge in [-0.2, -0.15) is 0 Å². The summed E-state index contributed by atoms with van der Waals surface area (Å²) >= 11 is 0. The van der Waals surface area contributed by atoms with Crippen molar-refractivity contribution >= 4 is 11.8 Å². The van der Waals surface area contributed by atoms with Crippen LogP contribution in [0.25, 0.3) is 0 Å². The molecule has 108 valence electrons. The van der Waals surface area contributed by atoms with Gasteiger partial charge in [-0.25, -0.2) is 0 Å². The van der Waals surface area contributed by atoms with Crippen molar-refractivity contribution in [1.82, 2.24) is 15.2 Å². The predicted molar refractivity (Wildman–Crippen MR) is 73.2 cm³/mol. The van der Waals surface area contributed by atoms with Crippen LogP contribution in [-0.4, -0.2) is 47.4 Å². The molecule has 0 radical (unpaired) electrons. The molecule has 2 heterocycles. The fraction of sp³-hybridized carbons (Fsp3) is 0.462. The van der Waals surface area contributed by atoms with Crippen LogP contribution in [0.5, 0.6) is 0 Å². The van der Waals surface area contributed by atoms with Crippen LogP contribution in [-0.2, 0) is 4.79 Å². The molecule has 0 spiro atoms. The highest BCUT2D eigenvalue weighted by Crippen LogP contribution is 2.14. The number of piperidine rings is 1. The number of nitrogens with zero attached hydrogens (tertiary/aromatic N) is 1. The maximum Gasteiger partial charge on any atom is 0.260 e. The Labute approximate surface area is 116 Å². The number of rotatable bonds is 4. The van der Waals surface area contributed by atoms with E-state index in [9.17, 15) is 14.4 Å². The Hall–Kier alpha value is -2.15. The molecule has 2 rings (SSSR count). The lowest BCUT2D eigenvalue weighted by Crippen LogP contribution is -2.50. The van der Waals surface area contributed by atoms with E-state index in [1.54, 1.807) is 6.07 Å². The molecule has 1 aromatic rings. The number of hydrogen-bond acceptors (Lipinski definition) is 4. The quantitative estimate of drug-likeness (QED) is 0.660. The molecule has 1 aromatic heterocycles. The van der Waals surface area contributed by atoms with E-state index in [2.05, 4.69) is 10.3 Å². The third-order valence-electron chi connectivity index (χ3n) is 3.39. The first-order chi connectivity index (χ1) is 9.59. The Balaban J connectivity index is 2.26. The van der Waals surface area contributed by atoms with Crippen LogP contribution >= 0.6 is 0 Å². The minimum atomic E-state index is -0.579. The maximum absolute atomic E-state index is 12.5. The molecule has 0 aliphatic carbocycles. The van der Waals surface area contributed by atoms with Gasteiger partial charge in [0, 0.05) is 12.2 Å². The Bertz CT molecular complexity index is 549. The van der Waals surface area contributed by atoms with Crippen molar-refractivity contribution in [3.05, 3.63) is 34.2 Å². The smallest absolute Gasteiger partial charge is 0.260 e. The molecule has 1 fully saturated rings. The van der Waals surface area contributed by atoms with E-state index in [4.69, 9.17) is 5.73 Å². The van der Waals surface area contributed by atoms with Crippen LogP contribution in [0.3, 0.4) is 0 Å². The molecular weight excluding hydrogens is 260 g/mol. The second-order valence-electron chi connectivity index (χ2n) is 4.79. The zero-order chi connectivity index (χ0) is 14.5. The van der Waals surface area contributed by atoms with Crippen LogP contribution in [0, 0.1) is 0 Å². The van der Waals surface area contributed by atoms with Gasteiger partial charge >= 0.3 is 0 Å². The van der Waals surface area contributed by atoms with Gasteiger partial charge in [0.25, 0.3) is 11.5 Å². The van der Waals surface area contributed by atoms with E-state index in [1.807, 2.05) is 0 Å². The zero-order valence-corrected chi connectivity index (χ0v) is 11.1. The van der Waals surface area contributed by atoms with Crippen molar-refractivity contribution in [1.29, 1.82) is 0 Å². The summed E-state index contributed by atoms with van der Waals surface area (Å²) in [5.41, 5.74) is 4.80. The number of aromatic nitrogens is 1. The van der Waals surface area contributed by atoms with Crippen molar-refractivity contribution < 1.29 is 9.59 Å². The largest absolute Gasteiger partial charge is 0.368 e. The molecule has 2 amide bonds. The average Bonchev–Trinajstić information content (AvgIpc) is 2.45. The summed E-state index contributed by atoms with van der Waals surface area (Å²) in [6, 6.07) is 2.96. The SMILES string of the molecule is NC(=O)CN(C(=O)c1ccc[nH]c1=O)C1CCNCC1. The van der Waals surface area contributed by atoms with Gasteiger partial charge in [-0.3, -0.25) is 14.4 Å². The Morgan fingerprint density at radius 1 is 1.35 bits per heavy atom. The van der Waals surface area contributed by atoms with E-state index in [0.717, 1.165) is 25.9 Å². The first-order valence-electron chi connectivity index (χ1n) is 6.57. The monoisotopic (exact) mass is 278 g/mol. The third kappa shape index (κ3) is 3.24. The lowest BCUT2D eigenvalue weighted by molar-refractivity contribution is -0.119. The number of carbonyl (C=O) groups excluding carboxylic acids is 2. The van der Waals surface area contributed by atoms with Gasteiger partial charge in [0.1, 0.15) is 5.56 Å². The summed E-state index contributed by atoms with van der Waals surface area (Å²) in [6.07, 6.45) is 2.94. The molecule has 1 aliphatic rings. The number of amides is 2. The number of H-pyrrole nitrogens is 1. The highest BCUT2D eigenvalue weighted by atomic mass is 16.2. The molecule has 4 N–H and O–H groups in total. The molecular formula is C13H18N4O3. The highest BCUT2D eigenvalue weighted by Gasteiger charge is 2.28. The number of pyridine rings is 1. The summed E-state index contributed by atoms with van der Waals surface area (Å²) < 4.78 is 0. The molecule has 7 nitrogen and oxygen atoms in total. The van der Waals surface area contributed by atoms with Gasteiger partial charge in [-0.05, 0) is 38.1 Å². The molecule has 0 atom stereocenters. The van der Waals surface area contributed by atoms with E-state index < -0.39 is 17.4 Å². The third-order valence-corrected chi connectivity index (χ3v) is 3.39. The molecule has 0 saturated carbocycles. The van der Waals surface area contributed by atoms with Gasteiger partial charge < -0.3 is 20.9 Å². The van der Waals surface area contributed by atoms with Crippen LogP contribution in [0.2, 0.25) is 0 Å². The summed E-state index contributed by atoms with van der Waals surface area (Å²) in [5.74, 6) is -1.03. The van der Waals surface area contributed by atoms with E-state index in [-0.39, 0.29) is 18.2 Å². The summed E-state index contributed by atoms with van der Waals surface area (Å²) in [4.78, 5) is 39.3. The van der Waals surface area contributed by atoms with Crippen molar-refractivity contribution in [3.8, 4) is 0 Å². The van der Waals surface area contributed by atoms with E-state index in [1.165, 1.54) is 17.2 Å². The predicted octanol–water partition coefficient (Wildman–Crippen LogP) is -0.946. The Kier molecular flexibility index (Phi) is 4.52. The van der Waals surface area contributed by atoms with Gasteiger partial charge in [0.05, 0.1) is 6.54 Å². The van der Waals surface area contributed by atoms with Crippen LogP contribution in [0.1, 0.15) is 23.2 Å². The first-order valence-corrected chi connectivity index (χ1v) is 6.57. The van der Waals surface area contributed by atoms with Gasteiger partial charge in [-0.15, -0.1) is 0 Å². The van der Waals surface area contributed by atoms with Crippen molar-refractivity contribution in [2.75, 3.05) is 19.6 Å². The number of hydrogen-bond donors (Lipinski definition) is 3. The van der Waals surface area contributed by atoms with Gasteiger partial charge in [0.2, 0.25) is 5.91 Å². The Morgan fingerprint density at radius 3 is 2.65 bits per heavy atom. The van der Waals surface area contributed by atoms with Crippen molar-refractivity contribution in [2.24, 2.45) is 5.73 Å². The topological polar surface area (TPSA) is 108 Å². The van der Waals surface area contributed by atoms with Crippen LogP contribution < -0.4 is 16.6 Å². The molecule has 20 heavy (non-hydrogen) atoms. The molecule has 0 bridgehead atoms. The highest BCUT2D eigenvalue weighted by molar-refractivity contribution is 5.96. The first kappa shape index (κ1) is 14.3. The van der Waals surface area contributed by atoms with Crippen molar-refractivity contribution in [2.45, 2.75) is 18.9 Å². The van der Waals surface area contributed by atoms with Crippen LogP contribution in [0.15, 0.2) is 23.1 Å². The number of carbonyl (C=O) groups is 2. The van der Waals surface area contributed by atoms with Crippen LogP contribution in [0.4, 0.5) is 0 Å². The molecule has 7 heteroatoms. The Morgan fingerprint density at radius 2 is 2.05 bits per heavy atom. The average molecular weight is 278 g/mol. The molecule has 1 saturated heterocycles. The second kappa shape index (κ2) is 6.33. The fourth-order valence-corrected chi connectivity index (χ4v) is 2.40. The van der Waals surface area contributed by atoms with E-state index >= 15 is 0 Å². The fourth-order valence-electron chi connectivity index (χ4n) is 2.40. The minimum Gasteiger partial charge on any atom is -0.368 e. The van der Waals surface area contributed by atoms with Gasteiger partial charge in [-0.1, -0.05) is 0 Å². The van der Waals surface area contributed by atoms with Gasteiger partial charge in [0.15, 0.2) is 0 Å². The molecule has 1 aliphatic heterocycles. The lowest BCUT2D eigenvalue weighted by atomic mass is 10.0. The maximum atomic E-state index is 12.5. The normalized spacial score (nSPS) is 15.8. The summed E-state index contributed by atoms with van der Waals surface area (Å²) in [6.45, 7) is 1.38. The summed E-state index contributed by atoms with van der Waals surface area (Å²) in [7, 11) is 0. The number of nitrogens with one attached hydrogen (secondary N) is 2. The van der Waals surface area contributed by atoms with Crippen molar-refractivity contribution in [3.63, 3.8) is 0 Å². The zero-order valence-electron chi connectivity index (χ0n) is 11.1. The summed E-state index contributed by atoms with van der Waals surface area (Å²) in [5, 5.41) is 3.19. The number of nitrogens with two attached hydrogens (primary N) is 1. The lowest BCUT2D eigenvalue weighted by Gasteiger charge is -2.33. The molecule has 0 unspecified atom stereocenters. The standard InChI is InChI=1S/C13H18N4O3/c14-11(18)8-17(9-3-6-15-7-4-9)13(20)10-2-1-5-16-12(10)19/h1-2,5,9,15H,3-4,6-8H2,(H2,14,18)(H,16,19). The second-order valence-corrected chi connectivity index (χ2v) is 4.79. The number of aromatic amines is 1. The molecule has 0 aromatic carbocycles. The minimum absolute atomic E-state index is 0.0345. The number of primary amides is 1.